The molecule has 0 spiro atoms. The molecule has 0 aromatic heterocycles. The molecule has 1 rings (SSSR count). The van der Waals surface area contributed by atoms with Gasteiger partial charge in [0.15, 0.2) is 0 Å². The molecule has 1 aliphatic heterocycles. The predicted octanol–water partition coefficient (Wildman–Crippen LogP) is 0.111. The summed E-state index contributed by atoms with van der Waals surface area (Å²) in [5.41, 5.74) is 5.77. The van der Waals surface area contributed by atoms with E-state index in [0.717, 1.165) is 17.9 Å². The quantitative estimate of drug-likeness (QED) is 0.717. The first-order valence-corrected chi connectivity index (χ1v) is 7.21. The van der Waals surface area contributed by atoms with Gasteiger partial charge in [-0.25, -0.2) is 8.42 Å². The van der Waals surface area contributed by atoms with Gasteiger partial charge >= 0.3 is 0 Å². The first kappa shape index (κ1) is 10.3. The van der Waals surface area contributed by atoms with E-state index in [2.05, 4.69) is 0 Å². The average molecular weight is 209 g/mol. The number of hydrogen-bond donors (Lipinski definition) is 1. The van der Waals surface area contributed by atoms with Gasteiger partial charge in [-0.05, 0) is 23.8 Å². The Kier molecular flexibility index (Phi) is 3.43. The molecule has 1 heterocycles. The van der Waals surface area contributed by atoms with Gasteiger partial charge in [-0.2, -0.15) is 11.8 Å². The second-order valence-corrected chi connectivity index (χ2v) is 6.71. The summed E-state index contributed by atoms with van der Waals surface area (Å²) in [5.74, 6) is 2.70. The monoisotopic (exact) mass is 209 g/mol. The molecule has 0 saturated carbocycles. The maximum atomic E-state index is 10.9. The van der Waals surface area contributed by atoms with Gasteiger partial charge in [-0.3, -0.25) is 0 Å². The highest BCUT2D eigenvalue weighted by atomic mass is 32.2. The largest absolute Gasteiger partial charge is 0.327 e. The van der Waals surface area contributed by atoms with Crippen LogP contribution in [0.3, 0.4) is 0 Å². The minimum Gasteiger partial charge on any atom is -0.327 e. The lowest BCUT2D eigenvalue weighted by atomic mass is 10.0. The number of thioether (sulfide) groups is 1. The Morgan fingerprint density at radius 2 is 2.33 bits per heavy atom. The number of hydrogen-bond acceptors (Lipinski definition) is 4. The fraction of sp³-hybridized carbons (Fsp3) is 1.00. The third-order valence-electron chi connectivity index (χ3n) is 2.07. The predicted molar refractivity (Wildman–Crippen MR) is 53.1 cm³/mol. The molecule has 2 atom stereocenters. The Labute approximate surface area is 78.0 Å². The average Bonchev–Trinajstić information content (AvgIpc) is 2.32. The molecule has 0 radical (unpaired) electrons. The third-order valence-corrected chi connectivity index (χ3v) is 4.24. The van der Waals surface area contributed by atoms with E-state index in [9.17, 15) is 8.42 Å². The van der Waals surface area contributed by atoms with E-state index in [4.69, 9.17) is 5.73 Å². The summed E-state index contributed by atoms with van der Waals surface area (Å²) in [4.78, 5) is 0. The number of rotatable bonds is 3. The van der Waals surface area contributed by atoms with Crippen molar-refractivity contribution < 1.29 is 8.42 Å². The van der Waals surface area contributed by atoms with Gasteiger partial charge in [0.2, 0.25) is 0 Å². The first-order chi connectivity index (χ1) is 5.49. The molecule has 2 N–H and O–H groups in total. The van der Waals surface area contributed by atoms with Crippen molar-refractivity contribution in [2.75, 3.05) is 23.5 Å². The van der Waals surface area contributed by atoms with Crippen LogP contribution >= 0.6 is 11.8 Å². The lowest BCUT2D eigenvalue weighted by molar-refractivity contribution is 0.490. The lowest BCUT2D eigenvalue weighted by Gasteiger charge is -2.16. The normalized spacial score (nSPS) is 27.3. The summed E-state index contributed by atoms with van der Waals surface area (Å²) in [6, 6.07) is -0.157. The van der Waals surface area contributed by atoms with Crippen molar-refractivity contribution in [1.82, 2.24) is 0 Å². The molecule has 72 valence electrons. The standard InChI is InChI=1S/C7H15NO2S2/c1-12(9,10)5-7(8)6-2-3-11-4-6/h6-7H,2-5,8H2,1H3. The maximum Gasteiger partial charge on any atom is 0.148 e. The van der Waals surface area contributed by atoms with Gasteiger partial charge in [-0.1, -0.05) is 0 Å². The van der Waals surface area contributed by atoms with E-state index >= 15 is 0 Å². The van der Waals surface area contributed by atoms with Crippen LogP contribution in [-0.4, -0.2) is 38.0 Å². The molecule has 5 heteroatoms. The molecule has 0 aromatic rings. The van der Waals surface area contributed by atoms with Crippen LogP contribution in [0.1, 0.15) is 6.42 Å². The number of nitrogens with two attached hydrogens (primary N) is 1. The van der Waals surface area contributed by atoms with Gasteiger partial charge in [0, 0.05) is 12.3 Å². The molecule has 0 amide bonds. The number of sulfone groups is 1. The SMILES string of the molecule is CS(=O)(=O)CC(N)C1CCSC1. The zero-order valence-electron chi connectivity index (χ0n) is 7.19. The van der Waals surface area contributed by atoms with Crippen molar-refractivity contribution in [3.63, 3.8) is 0 Å². The van der Waals surface area contributed by atoms with Crippen molar-refractivity contribution in [3.8, 4) is 0 Å². The molecule has 12 heavy (non-hydrogen) atoms. The fourth-order valence-electron chi connectivity index (χ4n) is 1.38. The molecular weight excluding hydrogens is 194 g/mol. The molecule has 0 bridgehead atoms. The van der Waals surface area contributed by atoms with Gasteiger partial charge in [0.05, 0.1) is 5.75 Å². The van der Waals surface area contributed by atoms with E-state index < -0.39 is 9.84 Å². The van der Waals surface area contributed by atoms with Crippen molar-refractivity contribution in [3.05, 3.63) is 0 Å². The minimum atomic E-state index is -2.90. The second-order valence-electron chi connectivity index (χ2n) is 3.38. The summed E-state index contributed by atoms with van der Waals surface area (Å²) in [6.45, 7) is 0. The molecule has 0 aromatic carbocycles. The highest BCUT2D eigenvalue weighted by molar-refractivity contribution is 7.99. The molecule has 1 aliphatic rings. The summed E-state index contributed by atoms with van der Waals surface area (Å²) < 4.78 is 21.8. The molecule has 1 fully saturated rings. The van der Waals surface area contributed by atoms with Crippen LogP contribution < -0.4 is 5.73 Å². The molecule has 0 aliphatic carbocycles. The Balaban J connectivity index is 2.42. The Bertz CT molecular complexity index is 232. The van der Waals surface area contributed by atoms with Crippen LogP contribution in [0.2, 0.25) is 0 Å². The zero-order chi connectivity index (χ0) is 9.19. The summed E-state index contributed by atoms with van der Waals surface area (Å²) in [5, 5.41) is 0. The third kappa shape index (κ3) is 3.33. The lowest BCUT2D eigenvalue weighted by Crippen LogP contribution is -2.36. The van der Waals surface area contributed by atoms with Crippen molar-refractivity contribution in [1.29, 1.82) is 0 Å². The van der Waals surface area contributed by atoms with E-state index in [-0.39, 0.29) is 11.8 Å². The summed E-state index contributed by atoms with van der Waals surface area (Å²) in [7, 11) is -2.90. The van der Waals surface area contributed by atoms with Gasteiger partial charge in [0.1, 0.15) is 9.84 Å². The smallest absolute Gasteiger partial charge is 0.148 e. The van der Waals surface area contributed by atoms with Crippen LogP contribution in [0.5, 0.6) is 0 Å². The Morgan fingerprint density at radius 1 is 1.67 bits per heavy atom. The van der Waals surface area contributed by atoms with Gasteiger partial charge in [-0.15, -0.1) is 0 Å². The highest BCUT2D eigenvalue weighted by Crippen LogP contribution is 2.25. The van der Waals surface area contributed by atoms with E-state index in [1.807, 2.05) is 11.8 Å². The summed E-state index contributed by atoms with van der Waals surface area (Å²) >= 11 is 1.86. The van der Waals surface area contributed by atoms with Crippen LogP contribution in [0, 0.1) is 5.92 Å². The van der Waals surface area contributed by atoms with E-state index in [1.165, 1.54) is 6.26 Å². The van der Waals surface area contributed by atoms with Crippen molar-refractivity contribution in [2.24, 2.45) is 11.7 Å². The van der Waals surface area contributed by atoms with Gasteiger partial charge in [0.25, 0.3) is 0 Å². The molecular formula is C7H15NO2S2. The van der Waals surface area contributed by atoms with Crippen LogP contribution in [-0.2, 0) is 9.84 Å². The Morgan fingerprint density at radius 3 is 2.75 bits per heavy atom. The van der Waals surface area contributed by atoms with Crippen molar-refractivity contribution in [2.45, 2.75) is 12.5 Å². The maximum absolute atomic E-state index is 10.9. The van der Waals surface area contributed by atoms with Crippen LogP contribution in [0.15, 0.2) is 0 Å². The Hall–Kier alpha value is 0.260. The molecule has 3 nitrogen and oxygen atoms in total. The topological polar surface area (TPSA) is 60.2 Å². The van der Waals surface area contributed by atoms with E-state index in [1.54, 1.807) is 0 Å². The minimum absolute atomic E-state index is 0.137. The van der Waals surface area contributed by atoms with Gasteiger partial charge < -0.3 is 5.73 Å². The molecule has 1 saturated heterocycles. The molecule has 2 unspecified atom stereocenters. The van der Waals surface area contributed by atoms with Crippen LogP contribution in [0.25, 0.3) is 0 Å². The van der Waals surface area contributed by atoms with Crippen LogP contribution in [0.4, 0.5) is 0 Å². The van der Waals surface area contributed by atoms with E-state index in [0.29, 0.717) is 5.92 Å². The fourth-order valence-corrected chi connectivity index (χ4v) is 3.70. The van der Waals surface area contributed by atoms with Crippen molar-refractivity contribution >= 4 is 21.6 Å². The second kappa shape index (κ2) is 3.98. The first-order valence-electron chi connectivity index (χ1n) is 4.00. The summed E-state index contributed by atoms with van der Waals surface area (Å²) in [6.07, 6.45) is 2.32. The zero-order valence-corrected chi connectivity index (χ0v) is 8.83. The highest BCUT2D eigenvalue weighted by Gasteiger charge is 2.24.